The number of benzene rings is 3. The van der Waals surface area contributed by atoms with Crippen LogP contribution >= 0.6 is 0 Å². The van der Waals surface area contributed by atoms with Crippen LogP contribution in [0.3, 0.4) is 0 Å². The zero-order chi connectivity index (χ0) is 30.8. The van der Waals surface area contributed by atoms with Gasteiger partial charge < -0.3 is 14.4 Å². The lowest BCUT2D eigenvalue weighted by Gasteiger charge is -2.39. The first-order chi connectivity index (χ1) is 22.0. The second-order valence-corrected chi connectivity index (χ2v) is 12.6. The van der Waals surface area contributed by atoms with Crippen molar-refractivity contribution in [1.82, 2.24) is 24.0 Å². The zero-order valence-corrected chi connectivity index (χ0v) is 26.0. The normalized spacial score (nSPS) is 15.8. The van der Waals surface area contributed by atoms with Crippen LogP contribution in [-0.2, 0) is 32.5 Å². The fraction of sp³-hybridized carbons (Fsp3) is 0.378. The Morgan fingerprint density at radius 3 is 2.42 bits per heavy atom. The molecule has 5 aromatic rings. The number of para-hydroxylation sites is 2. The molecule has 0 saturated carbocycles. The molecule has 1 fully saturated rings. The van der Waals surface area contributed by atoms with Crippen molar-refractivity contribution in [1.29, 1.82) is 0 Å². The van der Waals surface area contributed by atoms with Crippen molar-refractivity contribution in [2.24, 2.45) is 0 Å². The zero-order valence-electron chi connectivity index (χ0n) is 26.0. The van der Waals surface area contributed by atoms with Crippen molar-refractivity contribution < 1.29 is 4.39 Å². The Labute approximate surface area is 264 Å². The highest BCUT2D eigenvalue weighted by Crippen LogP contribution is 2.30. The molecule has 0 unspecified atom stereocenters. The second-order valence-electron chi connectivity index (χ2n) is 12.6. The average molecular weight is 605 g/mol. The fourth-order valence-electron chi connectivity index (χ4n) is 7.10. The molecule has 1 saturated heterocycles. The van der Waals surface area contributed by atoms with Crippen LogP contribution in [0.4, 0.5) is 10.3 Å². The van der Waals surface area contributed by atoms with E-state index >= 15 is 0 Å². The summed E-state index contributed by atoms with van der Waals surface area (Å²) in [5.74, 6) is 1.68. The van der Waals surface area contributed by atoms with E-state index in [1.54, 1.807) is 0 Å². The van der Waals surface area contributed by atoms with Gasteiger partial charge in [0.05, 0.1) is 17.6 Å². The Morgan fingerprint density at radius 2 is 1.62 bits per heavy atom. The molecular formula is C37H41FN6O. The van der Waals surface area contributed by atoms with E-state index in [2.05, 4.69) is 62.9 Å². The minimum atomic E-state index is -0.227. The van der Waals surface area contributed by atoms with Crippen molar-refractivity contribution in [3.8, 4) is 0 Å². The summed E-state index contributed by atoms with van der Waals surface area (Å²) in [5, 5.41) is 0. The fourth-order valence-corrected chi connectivity index (χ4v) is 7.10. The van der Waals surface area contributed by atoms with Crippen molar-refractivity contribution in [3.63, 3.8) is 0 Å². The maximum absolute atomic E-state index is 13.7. The number of piperidine rings is 1. The first-order valence-electron chi connectivity index (χ1n) is 16.4. The van der Waals surface area contributed by atoms with Gasteiger partial charge in [0.15, 0.2) is 0 Å². The maximum Gasteiger partial charge on any atom is 0.256 e. The minimum Gasteiger partial charge on any atom is -0.335 e. The molecule has 7 nitrogen and oxygen atoms in total. The summed E-state index contributed by atoms with van der Waals surface area (Å²) in [4.78, 5) is 28.3. The Morgan fingerprint density at radius 1 is 0.867 bits per heavy atom. The van der Waals surface area contributed by atoms with Crippen LogP contribution in [0.5, 0.6) is 0 Å². The van der Waals surface area contributed by atoms with Gasteiger partial charge in [-0.15, -0.1) is 0 Å². The molecule has 7 rings (SSSR count). The number of nitrogens with zero attached hydrogens (tertiary/aromatic N) is 6. The van der Waals surface area contributed by atoms with E-state index in [1.165, 1.54) is 17.7 Å². The van der Waals surface area contributed by atoms with Crippen LogP contribution < -0.4 is 10.5 Å². The van der Waals surface area contributed by atoms with Gasteiger partial charge in [0.25, 0.3) is 5.56 Å². The molecule has 8 heteroatoms. The Hall–Kier alpha value is -4.30. The summed E-state index contributed by atoms with van der Waals surface area (Å²) in [6, 6.07) is 26.0. The standard InChI is InChI=1S/C37H41FN6O/c1-27-32(36(45)42-21-8-7-13-35(42)39-27)20-24-41-22-18-31(19-23-41)43(25-28-9-3-2-4-10-28)37-40-33-11-5-6-12-34(33)44(37)26-29-14-16-30(38)17-15-29/h2-6,9-12,14-17,31H,7-8,13,18-26H2,1H3. The lowest BCUT2D eigenvalue weighted by Crippen LogP contribution is -2.46. The lowest BCUT2D eigenvalue weighted by atomic mass is 10.0. The van der Waals surface area contributed by atoms with E-state index in [-0.39, 0.29) is 11.4 Å². The molecule has 3 aromatic carbocycles. The predicted molar refractivity (Wildman–Crippen MR) is 177 cm³/mol. The molecule has 2 aliphatic rings. The summed E-state index contributed by atoms with van der Waals surface area (Å²) in [6.45, 7) is 6.96. The molecule has 0 spiro atoms. The van der Waals surface area contributed by atoms with Gasteiger partial charge in [-0.05, 0) is 74.4 Å². The summed E-state index contributed by atoms with van der Waals surface area (Å²) < 4.78 is 18.0. The van der Waals surface area contributed by atoms with Gasteiger partial charge in [0.2, 0.25) is 5.95 Å². The number of hydrogen-bond donors (Lipinski definition) is 0. The van der Waals surface area contributed by atoms with Crippen molar-refractivity contribution in [3.05, 3.63) is 123 Å². The van der Waals surface area contributed by atoms with Gasteiger partial charge >= 0.3 is 0 Å². The second kappa shape index (κ2) is 13.0. The SMILES string of the molecule is Cc1nc2n(c(=O)c1CCN1CCC(N(Cc3ccccc3)c3nc4ccccc4n3Cc3ccc(F)cc3)CC1)CCCC2. The molecule has 0 atom stereocenters. The van der Waals surface area contributed by atoms with Crippen LogP contribution in [0, 0.1) is 12.7 Å². The quantitative estimate of drug-likeness (QED) is 0.202. The van der Waals surface area contributed by atoms with Crippen molar-refractivity contribution in [2.75, 3.05) is 24.5 Å². The third kappa shape index (κ3) is 6.29. The molecule has 2 aliphatic heterocycles. The smallest absolute Gasteiger partial charge is 0.256 e. The van der Waals surface area contributed by atoms with E-state index in [9.17, 15) is 9.18 Å². The van der Waals surface area contributed by atoms with E-state index in [0.717, 1.165) is 111 Å². The van der Waals surface area contributed by atoms with Gasteiger partial charge in [0, 0.05) is 56.4 Å². The van der Waals surface area contributed by atoms with Crippen LogP contribution in [0.15, 0.2) is 83.7 Å². The molecule has 0 aliphatic carbocycles. The van der Waals surface area contributed by atoms with Crippen LogP contribution in [0.25, 0.3) is 11.0 Å². The van der Waals surface area contributed by atoms with E-state index < -0.39 is 0 Å². The summed E-state index contributed by atoms with van der Waals surface area (Å²) in [7, 11) is 0. The number of likely N-dealkylation sites (tertiary alicyclic amines) is 1. The lowest BCUT2D eigenvalue weighted by molar-refractivity contribution is 0.209. The number of rotatable bonds is 9. The third-order valence-corrected chi connectivity index (χ3v) is 9.60. The first kappa shape index (κ1) is 29.4. The van der Waals surface area contributed by atoms with E-state index in [1.807, 2.05) is 29.7 Å². The molecule has 232 valence electrons. The van der Waals surface area contributed by atoms with Crippen molar-refractivity contribution in [2.45, 2.75) is 71.1 Å². The largest absolute Gasteiger partial charge is 0.335 e. The molecule has 45 heavy (non-hydrogen) atoms. The minimum absolute atomic E-state index is 0.168. The molecule has 0 amide bonds. The van der Waals surface area contributed by atoms with Gasteiger partial charge in [-0.25, -0.2) is 14.4 Å². The highest BCUT2D eigenvalue weighted by Gasteiger charge is 2.29. The monoisotopic (exact) mass is 604 g/mol. The number of aromatic nitrogens is 4. The van der Waals surface area contributed by atoms with Crippen LogP contribution in [0.1, 0.15) is 53.9 Å². The maximum atomic E-state index is 13.7. The highest BCUT2D eigenvalue weighted by atomic mass is 19.1. The number of aryl methyl sites for hydroxylation is 2. The summed E-state index contributed by atoms with van der Waals surface area (Å²) >= 11 is 0. The van der Waals surface area contributed by atoms with Gasteiger partial charge in [0.1, 0.15) is 11.6 Å². The number of hydrogen-bond acceptors (Lipinski definition) is 5. The van der Waals surface area contributed by atoms with Crippen LogP contribution in [-0.4, -0.2) is 49.7 Å². The number of halogens is 1. The molecule has 4 heterocycles. The van der Waals surface area contributed by atoms with Crippen LogP contribution in [0.2, 0.25) is 0 Å². The molecule has 0 radical (unpaired) electrons. The van der Waals surface area contributed by atoms with E-state index in [4.69, 9.17) is 9.97 Å². The Bertz CT molecular complexity index is 1820. The Kier molecular flexibility index (Phi) is 8.48. The van der Waals surface area contributed by atoms with E-state index in [0.29, 0.717) is 12.6 Å². The molecule has 0 N–H and O–H groups in total. The summed E-state index contributed by atoms with van der Waals surface area (Å²) in [5.41, 5.74) is 6.27. The molecular weight excluding hydrogens is 563 g/mol. The first-order valence-corrected chi connectivity index (χ1v) is 16.4. The third-order valence-electron chi connectivity index (χ3n) is 9.60. The van der Waals surface area contributed by atoms with Gasteiger partial charge in [-0.3, -0.25) is 9.36 Å². The number of fused-ring (bicyclic) bond motifs is 2. The average Bonchev–Trinajstić information content (AvgIpc) is 3.43. The number of imidazole rings is 1. The topological polar surface area (TPSA) is 59.2 Å². The molecule has 0 bridgehead atoms. The van der Waals surface area contributed by atoms with Gasteiger partial charge in [-0.2, -0.15) is 0 Å². The predicted octanol–water partition coefficient (Wildman–Crippen LogP) is 6.14. The number of anilines is 1. The highest BCUT2D eigenvalue weighted by molar-refractivity contribution is 5.79. The van der Waals surface area contributed by atoms with Gasteiger partial charge in [-0.1, -0.05) is 54.6 Å². The van der Waals surface area contributed by atoms with Crippen molar-refractivity contribution >= 4 is 17.0 Å². The summed E-state index contributed by atoms with van der Waals surface area (Å²) in [6.07, 6.45) is 5.83. The molecule has 2 aromatic heterocycles. The Balaban J connectivity index is 1.13.